The van der Waals surface area contributed by atoms with E-state index < -0.39 is 0 Å². The molecule has 0 fully saturated rings. The van der Waals surface area contributed by atoms with Crippen molar-refractivity contribution in [3.8, 4) is 11.1 Å². The van der Waals surface area contributed by atoms with Gasteiger partial charge < -0.3 is 5.73 Å². The Morgan fingerprint density at radius 3 is 2.73 bits per heavy atom. The van der Waals surface area contributed by atoms with E-state index >= 15 is 0 Å². The summed E-state index contributed by atoms with van der Waals surface area (Å²) in [5.41, 5.74) is 10.1. The Kier molecular flexibility index (Phi) is 3.87. The number of nitrogen functional groups attached to an aromatic ring is 1. The van der Waals surface area contributed by atoms with Gasteiger partial charge in [0.25, 0.3) is 0 Å². The van der Waals surface area contributed by atoms with Crippen LogP contribution in [-0.4, -0.2) is 15.0 Å². The van der Waals surface area contributed by atoms with Gasteiger partial charge in [-0.3, -0.25) is 4.98 Å². The number of allylic oxidation sites excluding steroid dienone is 2. The molecular formula is C17H19ClN4. The van der Waals surface area contributed by atoms with E-state index in [-0.39, 0.29) is 5.95 Å². The molecular weight excluding hydrogens is 296 g/mol. The molecule has 4 nitrogen and oxygen atoms in total. The van der Waals surface area contributed by atoms with Gasteiger partial charge in [0.05, 0.1) is 10.7 Å². The third-order valence-corrected chi connectivity index (χ3v) is 4.45. The number of hydrogen-bond donors (Lipinski definition) is 1. The Morgan fingerprint density at radius 2 is 2.05 bits per heavy atom. The molecule has 0 atom stereocenters. The Hall–Kier alpha value is -1.94. The molecule has 2 aromatic rings. The van der Waals surface area contributed by atoms with Gasteiger partial charge in [-0.15, -0.1) is 0 Å². The first-order valence-corrected chi connectivity index (χ1v) is 7.76. The van der Waals surface area contributed by atoms with Crippen LogP contribution in [0, 0.1) is 5.41 Å². The van der Waals surface area contributed by atoms with E-state index in [4.69, 9.17) is 17.3 Å². The summed E-state index contributed by atoms with van der Waals surface area (Å²) in [4.78, 5) is 12.7. The zero-order valence-corrected chi connectivity index (χ0v) is 13.6. The SMILES string of the molecule is CC1(C)CC=C(c2nc(N)ncc2-c2ccncc2Cl)CC1. The maximum Gasteiger partial charge on any atom is 0.220 e. The van der Waals surface area contributed by atoms with Gasteiger partial charge >= 0.3 is 0 Å². The molecule has 3 rings (SSSR count). The molecule has 0 saturated heterocycles. The molecule has 0 radical (unpaired) electrons. The maximum atomic E-state index is 6.29. The number of hydrogen-bond acceptors (Lipinski definition) is 4. The van der Waals surface area contributed by atoms with Crippen molar-refractivity contribution in [3.05, 3.63) is 41.4 Å². The first-order chi connectivity index (χ1) is 10.5. The highest BCUT2D eigenvalue weighted by Crippen LogP contribution is 2.40. The molecule has 0 unspecified atom stereocenters. The van der Waals surface area contributed by atoms with Gasteiger partial charge in [0.2, 0.25) is 5.95 Å². The standard InChI is InChI=1S/C17H19ClN4/c1-17(2)6-3-11(4-7-17)15-13(9-21-16(19)22-15)12-5-8-20-10-14(12)18/h3,5,8-10H,4,6-7H2,1-2H3,(H2,19,21,22). The van der Waals surface area contributed by atoms with E-state index in [2.05, 4.69) is 34.9 Å². The lowest BCUT2D eigenvalue weighted by Crippen LogP contribution is -2.15. The fourth-order valence-corrected chi connectivity index (χ4v) is 2.94. The van der Waals surface area contributed by atoms with E-state index in [1.54, 1.807) is 18.6 Å². The van der Waals surface area contributed by atoms with Crippen molar-refractivity contribution in [2.24, 2.45) is 5.41 Å². The smallest absolute Gasteiger partial charge is 0.220 e. The van der Waals surface area contributed by atoms with E-state index in [0.29, 0.717) is 10.4 Å². The third-order valence-electron chi connectivity index (χ3n) is 4.15. The van der Waals surface area contributed by atoms with Crippen LogP contribution in [0.5, 0.6) is 0 Å². The lowest BCUT2D eigenvalue weighted by Gasteiger charge is -2.29. The molecule has 5 heteroatoms. The van der Waals surface area contributed by atoms with Crippen LogP contribution < -0.4 is 5.73 Å². The van der Waals surface area contributed by atoms with Crippen LogP contribution in [0.2, 0.25) is 5.02 Å². The molecule has 2 N–H and O–H groups in total. The summed E-state index contributed by atoms with van der Waals surface area (Å²) in [6, 6.07) is 1.88. The second kappa shape index (κ2) is 5.69. The third kappa shape index (κ3) is 2.97. The van der Waals surface area contributed by atoms with Gasteiger partial charge in [0, 0.05) is 29.7 Å². The quantitative estimate of drug-likeness (QED) is 0.894. The fourth-order valence-electron chi connectivity index (χ4n) is 2.72. The molecule has 1 aliphatic rings. The summed E-state index contributed by atoms with van der Waals surface area (Å²) in [5, 5.41) is 0.592. The highest BCUT2D eigenvalue weighted by atomic mass is 35.5. The lowest BCUT2D eigenvalue weighted by molar-refractivity contribution is 0.335. The van der Waals surface area contributed by atoms with Crippen molar-refractivity contribution in [1.82, 2.24) is 15.0 Å². The molecule has 1 aliphatic carbocycles. The first-order valence-electron chi connectivity index (χ1n) is 7.38. The summed E-state index contributed by atoms with van der Waals surface area (Å²) in [6.45, 7) is 4.57. The van der Waals surface area contributed by atoms with E-state index in [1.807, 2.05) is 6.07 Å². The van der Waals surface area contributed by atoms with Gasteiger partial charge in [-0.2, -0.15) is 0 Å². The van der Waals surface area contributed by atoms with Gasteiger partial charge in [0.15, 0.2) is 0 Å². The molecule has 0 bridgehead atoms. The van der Waals surface area contributed by atoms with Gasteiger partial charge in [0.1, 0.15) is 0 Å². The zero-order valence-electron chi connectivity index (χ0n) is 12.8. The number of nitrogens with two attached hydrogens (primary N) is 1. The van der Waals surface area contributed by atoms with Crippen LogP contribution in [0.3, 0.4) is 0 Å². The van der Waals surface area contributed by atoms with Crippen molar-refractivity contribution >= 4 is 23.1 Å². The molecule has 114 valence electrons. The van der Waals surface area contributed by atoms with Gasteiger partial charge in [-0.25, -0.2) is 9.97 Å². The number of pyridine rings is 1. The Balaban J connectivity index is 2.10. The Bertz CT molecular complexity index is 737. The van der Waals surface area contributed by atoms with Gasteiger partial charge in [-0.05, 0) is 36.3 Å². The van der Waals surface area contributed by atoms with Crippen LogP contribution in [0.1, 0.15) is 38.8 Å². The van der Waals surface area contributed by atoms with Crippen LogP contribution in [0.4, 0.5) is 5.95 Å². The summed E-state index contributed by atoms with van der Waals surface area (Å²) in [5.74, 6) is 0.287. The maximum absolute atomic E-state index is 6.29. The summed E-state index contributed by atoms with van der Waals surface area (Å²) in [7, 11) is 0. The zero-order chi connectivity index (χ0) is 15.7. The van der Waals surface area contributed by atoms with Crippen molar-refractivity contribution in [1.29, 1.82) is 0 Å². The first kappa shape index (κ1) is 15.0. The molecule has 0 spiro atoms. The Morgan fingerprint density at radius 1 is 1.23 bits per heavy atom. The average Bonchev–Trinajstić information content (AvgIpc) is 2.48. The van der Waals surface area contributed by atoms with E-state index in [1.165, 1.54) is 5.57 Å². The molecule has 0 saturated carbocycles. The topological polar surface area (TPSA) is 64.7 Å². The number of nitrogens with zero attached hydrogens (tertiary/aromatic N) is 3. The minimum Gasteiger partial charge on any atom is -0.368 e. The predicted molar refractivity (Wildman–Crippen MR) is 90.3 cm³/mol. The van der Waals surface area contributed by atoms with Crippen LogP contribution in [0.25, 0.3) is 16.7 Å². The summed E-state index contributed by atoms with van der Waals surface area (Å²) >= 11 is 6.29. The lowest BCUT2D eigenvalue weighted by atomic mass is 9.77. The number of aromatic nitrogens is 3. The highest BCUT2D eigenvalue weighted by molar-refractivity contribution is 6.33. The molecule has 2 aromatic heterocycles. The van der Waals surface area contributed by atoms with Crippen LogP contribution in [-0.2, 0) is 0 Å². The minimum atomic E-state index is 0.287. The molecule has 0 amide bonds. The summed E-state index contributed by atoms with van der Waals surface area (Å²) in [6.07, 6.45) is 10.5. The average molecular weight is 315 g/mol. The number of anilines is 1. The van der Waals surface area contributed by atoms with Crippen molar-refractivity contribution in [2.75, 3.05) is 5.73 Å². The summed E-state index contributed by atoms with van der Waals surface area (Å²) < 4.78 is 0. The number of halogens is 1. The predicted octanol–water partition coefficient (Wildman–Crippen LogP) is 4.37. The van der Waals surface area contributed by atoms with Gasteiger partial charge in [-0.1, -0.05) is 31.5 Å². The van der Waals surface area contributed by atoms with Crippen molar-refractivity contribution < 1.29 is 0 Å². The normalized spacial score (nSPS) is 17.1. The fraction of sp³-hybridized carbons (Fsp3) is 0.353. The van der Waals surface area contributed by atoms with Crippen molar-refractivity contribution in [2.45, 2.75) is 33.1 Å². The van der Waals surface area contributed by atoms with Crippen molar-refractivity contribution in [3.63, 3.8) is 0 Å². The largest absolute Gasteiger partial charge is 0.368 e. The molecule has 0 aromatic carbocycles. The van der Waals surface area contributed by atoms with E-state index in [9.17, 15) is 0 Å². The Labute approximate surface area is 135 Å². The second-order valence-corrected chi connectivity index (χ2v) is 6.85. The minimum absolute atomic E-state index is 0.287. The number of rotatable bonds is 2. The monoisotopic (exact) mass is 314 g/mol. The molecule has 22 heavy (non-hydrogen) atoms. The highest BCUT2D eigenvalue weighted by Gasteiger charge is 2.24. The van der Waals surface area contributed by atoms with E-state index in [0.717, 1.165) is 36.1 Å². The second-order valence-electron chi connectivity index (χ2n) is 6.44. The molecule has 0 aliphatic heterocycles. The van der Waals surface area contributed by atoms with Crippen LogP contribution >= 0.6 is 11.6 Å². The molecule has 2 heterocycles. The van der Waals surface area contributed by atoms with Crippen LogP contribution in [0.15, 0.2) is 30.7 Å².